The average Bonchev–Trinajstić information content (AvgIpc) is 2.01. The third-order valence-electron chi connectivity index (χ3n) is 1.27. The van der Waals surface area contributed by atoms with Gasteiger partial charge in [-0.25, -0.2) is 8.78 Å². The van der Waals surface area contributed by atoms with Crippen LogP contribution in [0.4, 0.5) is 8.78 Å². The molecule has 2 heteroatoms. The van der Waals surface area contributed by atoms with Gasteiger partial charge in [-0.05, 0) is 24.1 Å². The maximum Gasteiger partial charge on any atom is 0.122 e. The van der Waals surface area contributed by atoms with Crippen molar-refractivity contribution in [2.75, 3.05) is 6.67 Å². The van der Waals surface area contributed by atoms with Crippen molar-refractivity contribution in [1.29, 1.82) is 0 Å². The van der Waals surface area contributed by atoms with E-state index in [4.69, 9.17) is 0 Å². The predicted molar refractivity (Wildman–Crippen MR) is 43.7 cm³/mol. The van der Waals surface area contributed by atoms with Gasteiger partial charge < -0.3 is 0 Å². The molecule has 0 amide bonds. The molecule has 62 valence electrons. The van der Waals surface area contributed by atoms with Crippen molar-refractivity contribution in [1.82, 2.24) is 0 Å². The Kier molecular flexibility index (Phi) is 5.35. The Labute approximate surface area is 65.9 Å². The Hall–Kier alpha value is -0.920. The van der Waals surface area contributed by atoms with E-state index in [1.807, 2.05) is 6.92 Å². The molecule has 0 N–H and O–H groups in total. The van der Waals surface area contributed by atoms with E-state index in [-0.39, 0.29) is 0 Å². The number of alkyl halides is 1. The first kappa shape index (κ1) is 10.1. The number of hydrogen-bond acceptors (Lipinski definition) is 0. The lowest BCUT2D eigenvalue weighted by Gasteiger charge is -1.93. The topological polar surface area (TPSA) is 0 Å². The highest BCUT2D eigenvalue weighted by molar-refractivity contribution is 5.25. The van der Waals surface area contributed by atoms with Crippen molar-refractivity contribution < 1.29 is 8.78 Å². The molecule has 0 aliphatic heterocycles. The van der Waals surface area contributed by atoms with E-state index in [9.17, 15) is 8.78 Å². The summed E-state index contributed by atoms with van der Waals surface area (Å²) < 4.78 is 24.1. The number of halogens is 2. The minimum atomic E-state index is -0.767. The molecular weight excluding hydrogens is 146 g/mol. The molecule has 0 aromatic heterocycles. The van der Waals surface area contributed by atoms with Crippen molar-refractivity contribution in [2.24, 2.45) is 0 Å². The third kappa shape index (κ3) is 4.48. The minimum absolute atomic E-state index is 0.538. The molecule has 0 bridgehead atoms. The highest BCUT2D eigenvalue weighted by atomic mass is 19.1. The van der Waals surface area contributed by atoms with Crippen molar-refractivity contribution in [3.63, 3.8) is 0 Å². The van der Waals surface area contributed by atoms with E-state index in [1.54, 1.807) is 6.08 Å². The van der Waals surface area contributed by atoms with Crippen LogP contribution in [-0.4, -0.2) is 6.67 Å². The van der Waals surface area contributed by atoms with Crippen molar-refractivity contribution in [3.8, 4) is 0 Å². The van der Waals surface area contributed by atoms with Gasteiger partial charge in [0.25, 0.3) is 0 Å². The van der Waals surface area contributed by atoms with E-state index in [2.05, 4.69) is 6.58 Å². The molecule has 0 rings (SSSR count). The molecule has 0 saturated carbocycles. The zero-order valence-corrected chi connectivity index (χ0v) is 6.61. The molecule has 0 radical (unpaired) electrons. The smallest absolute Gasteiger partial charge is 0.122 e. The third-order valence-corrected chi connectivity index (χ3v) is 1.27. The van der Waals surface area contributed by atoms with E-state index >= 15 is 0 Å². The van der Waals surface area contributed by atoms with E-state index < -0.39 is 12.5 Å². The maximum absolute atomic E-state index is 12.5. The Morgan fingerprint density at radius 3 is 2.55 bits per heavy atom. The van der Waals surface area contributed by atoms with Gasteiger partial charge in [-0.1, -0.05) is 19.6 Å². The van der Waals surface area contributed by atoms with Crippen LogP contribution in [0.5, 0.6) is 0 Å². The van der Waals surface area contributed by atoms with Crippen LogP contribution in [0.25, 0.3) is 0 Å². The fraction of sp³-hybridized carbons (Fsp3) is 0.333. The maximum atomic E-state index is 12.5. The first-order valence-corrected chi connectivity index (χ1v) is 3.49. The second kappa shape index (κ2) is 5.83. The molecular formula is C9H12F2. The first-order valence-electron chi connectivity index (χ1n) is 3.49. The van der Waals surface area contributed by atoms with Gasteiger partial charge in [-0.15, -0.1) is 0 Å². The van der Waals surface area contributed by atoms with Crippen LogP contribution >= 0.6 is 0 Å². The highest BCUT2D eigenvalue weighted by Crippen LogP contribution is 2.08. The SMILES string of the molecule is C=C/C(=C\C(F)=C/CF)CC. The molecule has 0 spiro atoms. The summed E-state index contributed by atoms with van der Waals surface area (Å²) in [6, 6.07) is 0. The summed E-state index contributed by atoms with van der Waals surface area (Å²) in [4.78, 5) is 0. The van der Waals surface area contributed by atoms with Crippen LogP contribution in [0.3, 0.4) is 0 Å². The van der Waals surface area contributed by atoms with Gasteiger partial charge in [-0.2, -0.15) is 0 Å². The minimum Gasteiger partial charge on any atom is -0.246 e. The van der Waals surface area contributed by atoms with E-state index in [1.165, 1.54) is 6.08 Å². The van der Waals surface area contributed by atoms with Gasteiger partial charge in [0.2, 0.25) is 0 Å². The molecule has 0 atom stereocenters. The van der Waals surface area contributed by atoms with E-state index in [0.717, 1.165) is 11.6 Å². The zero-order chi connectivity index (χ0) is 8.69. The standard InChI is InChI=1S/C9H12F2/c1-3-8(4-2)7-9(11)5-6-10/h3,5,7H,1,4,6H2,2H3/b8-7+,9-5+. The average molecular weight is 158 g/mol. The van der Waals surface area contributed by atoms with E-state index in [0.29, 0.717) is 6.42 Å². The Morgan fingerprint density at radius 1 is 1.55 bits per heavy atom. The monoisotopic (exact) mass is 158 g/mol. The number of rotatable bonds is 4. The molecule has 0 fully saturated rings. The largest absolute Gasteiger partial charge is 0.246 e. The number of allylic oxidation sites excluding steroid dienone is 5. The normalized spacial score (nSPS) is 13.4. The predicted octanol–water partition coefficient (Wildman–Crippen LogP) is 3.33. The number of hydrogen-bond donors (Lipinski definition) is 0. The lowest BCUT2D eigenvalue weighted by Crippen LogP contribution is -1.76. The van der Waals surface area contributed by atoms with Gasteiger partial charge >= 0.3 is 0 Å². The Balaban J connectivity index is 4.25. The summed E-state index contributed by atoms with van der Waals surface area (Å²) >= 11 is 0. The second-order valence-electron chi connectivity index (χ2n) is 2.02. The lowest BCUT2D eigenvalue weighted by atomic mass is 10.2. The quantitative estimate of drug-likeness (QED) is 0.550. The highest BCUT2D eigenvalue weighted by Gasteiger charge is 1.90. The zero-order valence-electron chi connectivity index (χ0n) is 6.61. The van der Waals surface area contributed by atoms with Gasteiger partial charge in [0.15, 0.2) is 0 Å². The van der Waals surface area contributed by atoms with Crippen LogP contribution in [0.2, 0.25) is 0 Å². The Morgan fingerprint density at radius 2 is 2.18 bits per heavy atom. The van der Waals surface area contributed by atoms with Gasteiger partial charge in [0.05, 0.1) is 0 Å². The molecule has 0 unspecified atom stereocenters. The summed E-state index contributed by atoms with van der Waals surface area (Å²) in [6.45, 7) is 4.61. The molecule has 0 heterocycles. The van der Waals surface area contributed by atoms with Gasteiger partial charge in [0.1, 0.15) is 12.5 Å². The van der Waals surface area contributed by atoms with Crippen LogP contribution in [0, 0.1) is 0 Å². The Bertz CT molecular complexity index is 178. The van der Waals surface area contributed by atoms with Crippen molar-refractivity contribution >= 4 is 0 Å². The lowest BCUT2D eigenvalue weighted by molar-refractivity contribution is 0.547. The van der Waals surface area contributed by atoms with Crippen LogP contribution in [-0.2, 0) is 0 Å². The molecule has 0 saturated heterocycles. The molecule has 0 nitrogen and oxygen atoms in total. The summed E-state index contributed by atoms with van der Waals surface area (Å²) in [7, 11) is 0. The summed E-state index contributed by atoms with van der Waals surface area (Å²) in [5.41, 5.74) is 0.771. The molecule has 0 aliphatic carbocycles. The van der Waals surface area contributed by atoms with Crippen LogP contribution < -0.4 is 0 Å². The summed E-state index contributed by atoms with van der Waals surface area (Å²) in [5.74, 6) is -0.538. The fourth-order valence-electron chi connectivity index (χ4n) is 0.615. The van der Waals surface area contributed by atoms with Gasteiger partial charge in [0, 0.05) is 0 Å². The molecule has 0 aromatic rings. The van der Waals surface area contributed by atoms with Crippen LogP contribution in [0.15, 0.2) is 36.2 Å². The van der Waals surface area contributed by atoms with Crippen LogP contribution in [0.1, 0.15) is 13.3 Å². The first-order chi connectivity index (χ1) is 5.24. The molecule has 11 heavy (non-hydrogen) atoms. The molecule has 0 aromatic carbocycles. The fourth-order valence-corrected chi connectivity index (χ4v) is 0.615. The summed E-state index contributed by atoms with van der Waals surface area (Å²) in [5, 5.41) is 0. The summed E-state index contributed by atoms with van der Waals surface area (Å²) in [6.07, 6.45) is 4.44. The van der Waals surface area contributed by atoms with Crippen molar-refractivity contribution in [3.05, 3.63) is 36.2 Å². The van der Waals surface area contributed by atoms with Crippen molar-refractivity contribution in [2.45, 2.75) is 13.3 Å². The van der Waals surface area contributed by atoms with Gasteiger partial charge in [-0.3, -0.25) is 0 Å². The second-order valence-corrected chi connectivity index (χ2v) is 2.02. The molecule has 0 aliphatic rings.